The molecule has 1 aliphatic rings. The fourth-order valence-electron chi connectivity index (χ4n) is 4.46. The quantitative estimate of drug-likeness (QED) is 0.299. The molecule has 0 radical (unpaired) electrons. The van der Waals surface area contributed by atoms with E-state index >= 15 is 0 Å². The Bertz CT molecular complexity index is 922. The Morgan fingerprint density at radius 1 is 1.09 bits per heavy atom. The monoisotopic (exact) mass is 570 g/mol. The van der Waals surface area contributed by atoms with E-state index in [2.05, 4.69) is 45.1 Å². The number of rotatable bonds is 8. The van der Waals surface area contributed by atoms with Gasteiger partial charge in [0.25, 0.3) is 0 Å². The zero-order chi connectivity index (χ0) is 23.1. The van der Waals surface area contributed by atoms with Crippen molar-refractivity contribution in [1.82, 2.24) is 24.9 Å². The molecular formula is C24H39IN6O2. The van der Waals surface area contributed by atoms with Crippen LogP contribution in [0, 0.1) is 0 Å². The summed E-state index contributed by atoms with van der Waals surface area (Å²) < 4.78 is 13.0. The third-order valence-corrected chi connectivity index (χ3v) is 6.22. The van der Waals surface area contributed by atoms with Crippen molar-refractivity contribution in [3.05, 3.63) is 40.7 Å². The van der Waals surface area contributed by atoms with Crippen LogP contribution in [0.5, 0.6) is 11.5 Å². The molecule has 0 spiro atoms. The molecule has 1 aromatic heterocycles. The first-order valence-corrected chi connectivity index (χ1v) is 11.5. The summed E-state index contributed by atoms with van der Waals surface area (Å²) in [6.07, 6.45) is 1.92. The highest BCUT2D eigenvalue weighted by Gasteiger charge is 2.22. The van der Waals surface area contributed by atoms with Gasteiger partial charge < -0.3 is 19.7 Å². The van der Waals surface area contributed by atoms with E-state index in [1.54, 1.807) is 14.2 Å². The summed E-state index contributed by atoms with van der Waals surface area (Å²) in [4.78, 5) is 9.34. The molecule has 0 amide bonds. The minimum Gasteiger partial charge on any atom is -0.497 e. The van der Waals surface area contributed by atoms with Crippen LogP contribution >= 0.6 is 24.0 Å². The minimum absolute atomic E-state index is 0. The normalized spacial score (nSPS) is 14.7. The molecule has 1 aromatic carbocycles. The van der Waals surface area contributed by atoms with Gasteiger partial charge >= 0.3 is 0 Å². The van der Waals surface area contributed by atoms with Gasteiger partial charge in [-0.2, -0.15) is 5.10 Å². The van der Waals surface area contributed by atoms with Crippen molar-refractivity contribution in [2.75, 3.05) is 47.4 Å². The van der Waals surface area contributed by atoms with Crippen LogP contribution in [-0.2, 0) is 33.0 Å². The molecule has 33 heavy (non-hydrogen) atoms. The number of aliphatic imine (C=N–C) groups is 1. The van der Waals surface area contributed by atoms with Gasteiger partial charge in [0, 0.05) is 70.2 Å². The fourth-order valence-corrected chi connectivity index (χ4v) is 4.46. The summed E-state index contributed by atoms with van der Waals surface area (Å²) in [7, 11) is 7.31. The lowest BCUT2D eigenvalue weighted by molar-refractivity contribution is 0.171. The summed E-state index contributed by atoms with van der Waals surface area (Å²) in [6.45, 7) is 9.75. The molecule has 0 saturated carbocycles. The van der Waals surface area contributed by atoms with Gasteiger partial charge in [-0.05, 0) is 31.0 Å². The van der Waals surface area contributed by atoms with Crippen molar-refractivity contribution < 1.29 is 9.47 Å². The van der Waals surface area contributed by atoms with E-state index in [-0.39, 0.29) is 24.0 Å². The molecular weight excluding hydrogens is 531 g/mol. The number of hydrogen-bond acceptors (Lipinski definition) is 5. The van der Waals surface area contributed by atoms with Crippen molar-refractivity contribution in [2.24, 2.45) is 12.0 Å². The standard InChI is InChI=1S/C24H38N6O2.HI/c1-7-21-20(22(8-2)28(4)27-21)16-26-24(25-3)30-13-11-29(12-14-30)17-18-15-19(31-5)9-10-23(18)32-6;/h9-10,15H,7-8,11-14,16-17H2,1-6H3,(H,25,26);1H. The molecule has 3 rings (SSSR count). The average Bonchev–Trinajstić information content (AvgIpc) is 3.14. The second-order valence-electron chi connectivity index (χ2n) is 8.04. The van der Waals surface area contributed by atoms with E-state index in [0.29, 0.717) is 0 Å². The molecule has 1 N–H and O–H groups in total. The van der Waals surface area contributed by atoms with Gasteiger partial charge in [-0.1, -0.05) is 13.8 Å². The van der Waals surface area contributed by atoms with Crippen LogP contribution in [0.4, 0.5) is 0 Å². The van der Waals surface area contributed by atoms with Gasteiger partial charge in [0.1, 0.15) is 11.5 Å². The van der Waals surface area contributed by atoms with Gasteiger partial charge in [0.2, 0.25) is 0 Å². The number of aromatic nitrogens is 2. The molecule has 184 valence electrons. The first-order valence-electron chi connectivity index (χ1n) is 11.5. The van der Waals surface area contributed by atoms with Crippen LogP contribution < -0.4 is 14.8 Å². The number of nitrogens with one attached hydrogen (secondary N) is 1. The van der Waals surface area contributed by atoms with E-state index in [1.165, 1.54) is 17.0 Å². The molecule has 2 heterocycles. The maximum absolute atomic E-state index is 5.55. The Kier molecular flexibility index (Phi) is 10.7. The summed E-state index contributed by atoms with van der Waals surface area (Å²) in [6, 6.07) is 5.98. The highest BCUT2D eigenvalue weighted by Crippen LogP contribution is 2.25. The van der Waals surface area contributed by atoms with Crippen LogP contribution in [-0.4, -0.2) is 73.0 Å². The summed E-state index contributed by atoms with van der Waals surface area (Å²) in [5, 5.41) is 8.27. The van der Waals surface area contributed by atoms with Gasteiger partial charge in [-0.25, -0.2) is 0 Å². The Morgan fingerprint density at radius 2 is 1.82 bits per heavy atom. The summed E-state index contributed by atoms with van der Waals surface area (Å²) >= 11 is 0. The molecule has 8 nitrogen and oxygen atoms in total. The number of piperazine rings is 1. The number of ether oxygens (including phenoxy) is 2. The Labute approximate surface area is 215 Å². The largest absolute Gasteiger partial charge is 0.497 e. The smallest absolute Gasteiger partial charge is 0.194 e. The number of methoxy groups -OCH3 is 2. The molecule has 1 aliphatic heterocycles. The van der Waals surface area contributed by atoms with Crippen molar-refractivity contribution in [1.29, 1.82) is 0 Å². The van der Waals surface area contributed by atoms with E-state index < -0.39 is 0 Å². The third kappa shape index (κ3) is 6.53. The van der Waals surface area contributed by atoms with Gasteiger partial charge in [-0.15, -0.1) is 24.0 Å². The molecule has 1 saturated heterocycles. The zero-order valence-electron chi connectivity index (χ0n) is 20.8. The predicted molar refractivity (Wildman–Crippen MR) is 144 cm³/mol. The molecule has 9 heteroatoms. The zero-order valence-corrected chi connectivity index (χ0v) is 23.2. The highest BCUT2D eigenvalue weighted by atomic mass is 127. The number of hydrogen-bond donors (Lipinski definition) is 1. The van der Waals surface area contributed by atoms with Crippen LogP contribution in [0.1, 0.15) is 36.4 Å². The highest BCUT2D eigenvalue weighted by molar-refractivity contribution is 14.0. The number of benzene rings is 1. The number of guanidine groups is 1. The van der Waals surface area contributed by atoms with Crippen molar-refractivity contribution in [2.45, 2.75) is 39.8 Å². The first kappa shape index (κ1) is 27.2. The first-order chi connectivity index (χ1) is 15.5. The Hall–Kier alpha value is -2.01. The van der Waals surface area contributed by atoms with Crippen LogP contribution in [0.15, 0.2) is 23.2 Å². The van der Waals surface area contributed by atoms with Crippen molar-refractivity contribution >= 4 is 29.9 Å². The molecule has 2 aromatic rings. The number of aryl methyl sites for hydroxylation is 2. The van der Waals surface area contributed by atoms with Crippen molar-refractivity contribution in [3.8, 4) is 11.5 Å². The number of halogens is 1. The second kappa shape index (κ2) is 13.0. The molecule has 1 fully saturated rings. The summed E-state index contributed by atoms with van der Waals surface area (Å²) in [5.74, 6) is 2.72. The van der Waals surface area contributed by atoms with E-state index in [9.17, 15) is 0 Å². The lowest BCUT2D eigenvalue weighted by Crippen LogP contribution is -2.52. The van der Waals surface area contributed by atoms with Crippen LogP contribution in [0.2, 0.25) is 0 Å². The van der Waals surface area contributed by atoms with Gasteiger partial charge in [-0.3, -0.25) is 14.6 Å². The summed E-state index contributed by atoms with van der Waals surface area (Å²) in [5.41, 5.74) is 4.92. The van der Waals surface area contributed by atoms with Crippen LogP contribution in [0.25, 0.3) is 0 Å². The molecule has 0 unspecified atom stereocenters. The lowest BCUT2D eigenvalue weighted by atomic mass is 10.1. The fraction of sp³-hybridized carbons (Fsp3) is 0.583. The van der Waals surface area contributed by atoms with E-state index in [0.717, 1.165) is 75.1 Å². The molecule has 0 aliphatic carbocycles. The topological polar surface area (TPSA) is 67.2 Å². The predicted octanol–water partition coefficient (Wildman–Crippen LogP) is 3.07. The van der Waals surface area contributed by atoms with Crippen molar-refractivity contribution in [3.63, 3.8) is 0 Å². The molecule has 0 bridgehead atoms. The number of nitrogens with zero attached hydrogens (tertiary/aromatic N) is 5. The molecule has 0 atom stereocenters. The van der Waals surface area contributed by atoms with E-state index in [4.69, 9.17) is 9.47 Å². The average molecular weight is 571 g/mol. The van der Waals surface area contributed by atoms with E-state index in [1.807, 2.05) is 30.9 Å². The van der Waals surface area contributed by atoms with Crippen LogP contribution in [0.3, 0.4) is 0 Å². The van der Waals surface area contributed by atoms with Gasteiger partial charge in [0.05, 0.1) is 19.9 Å². The maximum atomic E-state index is 5.55. The van der Waals surface area contributed by atoms with Gasteiger partial charge in [0.15, 0.2) is 5.96 Å². The third-order valence-electron chi connectivity index (χ3n) is 6.22. The Balaban J connectivity index is 0.00000385. The maximum Gasteiger partial charge on any atom is 0.194 e. The lowest BCUT2D eigenvalue weighted by Gasteiger charge is -2.36. The Morgan fingerprint density at radius 3 is 2.39 bits per heavy atom. The SMILES string of the molecule is CCc1nn(C)c(CC)c1CNC(=NC)N1CCN(Cc2cc(OC)ccc2OC)CC1.I. The minimum atomic E-state index is 0. The second-order valence-corrected chi connectivity index (χ2v) is 8.04.